The smallest absolute Gasteiger partial charge is 0.255 e. The number of anilines is 2. The molecule has 1 atom stereocenters. The molecule has 0 radical (unpaired) electrons. The SMILES string of the molecule is Cc1ccc(C(=O)Nc2cc(Cl)c(C(C#N)c3ccc(Cl)cc3)cc2C)cc1NC(=O)c1ccccc1. The Bertz CT molecular complexity index is 1510. The van der Waals surface area contributed by atoms with E-state index in [1.807, 2.05) is 19.9 Å². The Morgan fingerprint density at radius 1 is 0.757 bits per heavy atom. The summed E-state index contributed by atoms with van der Waals surface area (Å²) in [5.74, 6) is -1.19. The topological polar surface area (TPSA) is 82.0 Å². The first kappa shape index (κ1) is 26.0. The second-order valence-corrected chi connectivity index (χ2v) is 9.45. The van der Waals surface area contributed by atoms with Crippen LogP contribution in [0.15, 0.2) is 84.9 Å². The molecule has 0 saturated carbocycles. The van der Waals surface area contributed by atoms with Crippen molar-refractivity contribution in [3.05, 3.63) is 128 Å². The zero-order chi connectivity index (χ0) is 26.5. The van der Waals surface area contributed by atoms with Gasteiger partial charge in [-0.05, 0) is 78.6 Å². The Morgan fingerprint density at radius 2 is 1.38 bits per heavy atom. The van der Waals surface area contributed by atoms with Crippen molar-refractivity contribution in [2.75, 3.05) is 10.6 Å². The van der Waals surface area contributed by atoms with Crippen LogP contribution in [0.2, 0.25) is 10.0 Å². The summed E-state index contributed by atoms with van der Waals surface area (Å²) in [5, 5.41) is 16.5. The van der Waals surface area contributed by atoms with Crippen LogP contribution in [0.25, 0.3) is 0 Å². The minimum atomic E-state index is -0.582. The van der Waals surface area contributed by atoms with E-state index in [4.69, 9.17) is 23.2 Å². The first-order chi connectivity index (χ1) is 17.8. The molecule has 2 amide bonds. The minimum absolute atomic E-state index is 0.257. The van der Waals surface area contributed by atoms with Crippen molar-refractivity contribution in [1.29, 1.82) is 5.26 Å². The van der Waals surface area contributed by atoms with Crippen LogP contribution in [0.4, 0.5) is 11.4 Å². The standard InChI is InChI=1S/C30H23Cl2N3O2/c1-18-8-9-22(15-27(18)34-29(36)21-6-4-3-5-7-21)30(37)35-28-16-26(32)24(14-19(28)2)25(17-33)20-10-12-23(31)13-11-20/h3-16,25H,1-2H3,(H,34,36)(H,35,37). The molecular formula is C30H23Cl2N3O2. The van der Waals surface area contributed by atoms with Gasteiger partial charge in [0.05, 0.1) is 12.0 Å². The van der Waals surface area contributed by atoms with Crippen LogP contribution in [0, 0.1) is 25.2 Å². The van der Waals surface area contributed by atoms with E-state index < -0.39 is 5.92 Å². The number of nitriles is 1. The highest BCUT2D eigenvalue weighted by molar-refractivity contribution is 6.32. The molecule has 7 heteroatoms. The van der Waals surface area contributed by atoms with Gasteiger partial charge in [-0.15, -0.1) is 0 Å². The predicted octanol–water partition coefficient (Wildman–Crippen LogP) is 7.77. The van der Waals surface area contributed by atoms with E-state index in [0.717, 1.165) is 16.7 Å². The molecule has 184 valence electrons. The molecule has 0 spiro atoms. The van der Waals surface area contributed by atoms with E-state index in [9.17, 15) is 14.9 Å². The minimum Gasteiger partial charge on any atom is -0.322 e. The summed E-state index contributed by atoms with van der Waals surface area (Å²) in [5.41, 5.74) is 4.98. The summed E-state index contributed by atoms with van der Waals surface area (Å²) < 4.78 is 0. The molecular weight excluding hydrogens is 505 g/mol. The summed E-state index contributed by atoms with van der Waals surface area (Å²) >= 11 is 12.6. The van der Waals surface area contributed by atoms with Crippen molar-refractivity contribution in [2.45, 2.75) is 19.8 Å². The van der Waals surface area contributed by atoms with Gasteiger partial charge in [0.25, 0.3) is 11.8 Å². The second kappa shape index (κ2) is 11.3. The van der Waals surface area contributed by atoms with Gasteiger partial charge in [0, 0.05) is 32.5 Å². The van der Waals surface area contributed by atoms with E-state index in [1.165, 1.54) is 0 Å². The maximum atomic E-state index is 13.1. The molecule has 0 aliphatic rings. The van der Waals surface area contributed by atoms with Gasteiger partial charge in [-0.25, -0.2) is 0 Å². The number of amides is 2. The fourth-order valence-corrected chi connectivity index (χ4v) is 4.31. The lowest BCUT2D eigenvalue weighted by Gasteiger charge is -2.16. The molecule has 0 bridgehead atoms. The third-order valence-electron chi connectivity index (χ3n) is 6.02. The first-order valence-corrected chi connectivity index (χ1v) is 12.3. The molecule has 0 fully saturated rings. The fraction of sp³-hybridized carbons (Fsp3) is 0.100. The molecule has 2 N–H and O–H groups in total. The normalized spacial score (nSPS) is 11.3. The average molecular weight is 528 g/mol. The van der Waals surface area contributed by atoms with E-state index in [2.05, 4.69) is 16.7 Å². The van der Waals surface area contributed by atoms with Gasteiger partial charge in [-0.1, -0.05) is 65.7 Å². The molecule has 37 heavy (non-hydrogen) atoms. The molecule has 1 unspecified atom stereocenters. The third kappa shape index (κ3) is 6.00. The molecule has 0 heterocycles. The number of halogens is 2. The van der Waals surface area contributed by atoms with Gasteiger partial charge in [0.2, 0.25) is 0 Å². The Labute approximate surface area is 225 Å². The van der Waals surface area contributed by atoms with E-state index in [-0.39, 0.29) is 11.8 Å². The summed E-state index contributed by atoms with van der Waals surface area (Å²) in [6.45, 7) is 3.70. The number of rotatable bonds is 6. The zero-order valence-electron chi connectivity index (χ0n) is 20.2. The number of nitrogens with one attached hydrogen (secondary N) is 2. The summed E-state index contributed by atoms with van der Waals surface area (Å²) in [6.07, 6.45) is 0. The van der Waals surface area contributed by atoms with Crippen LogP contribution in [-0.2, 0) is 0 Å². The molecule has 0 saturated heterocycles. The van der Waals surface area contributed by atoms with Crippen LogP contribution < -0.4 is 10.6 Å². The summed E-state index contributed by atoms with van der Waals surface area (Å²) in [6, 6.07) is 26.8. The Kier molecular flexibility index (Phi) is 7.93. The lowest BCUT2D eigenvalue weighted by atomic mass is 9.91. The van der Waals surface area contributed by atoms with Gasteiger partial charge in [0.15, 0.2) is 0 Å². The van der Waals surface area contributed by atoms with Crippen LogP contribution >= 0.6 is 23.2 Å². The van der Waals surface area contributed by atoms with Crippen LogP contribution in [0.1, 0.15) is 48.9 Å². The van der Waals surface area contributed by atoms with Crippen LogP contribution in [0.3, 0.4) is 0 Å². The zero-order valence-corrected chi connectivity index (χ0v) is 21.7. The van der Waals surface area contributed by atoms with Gasteiger partial charge in [0.1, 0.15) is 0 Å². The summed E-state index contributed by atoms with van der Waals surface area (Å²) in [7, 11) is 0. The van der Waals surface area contributed by atoms with Gasteiger partial charge in [-0.3, -0.25) is 9.59 Å². The Hall–Kier alpha value is -4.11. The van der Waals surface area contributed by atoms with Crippen LogP contribution in [0.5, 0.6) is 0 Å². The Balaban J connectivity index is 1.55. The quantitative estimate of drug-likeness (QED) is 0.268. The third-order valence-corrected chi connectivity index (χ3v) is 6.60. The maximum absolute atomic E-state index is 13.1. The van der Waals surface area contributed by atoms with Gasteiger partial charge in [-0.2, -0.15) is 5.26 Å². The number of carbonyl (C=O) groups excluding carboxylic acids is 2. The monoisotopic (exact) mass is 527 g/mol. The highest BCUT2D eigenvalue weighted by atomic mass is 35.5. The largest absolute Gasteiger partial charge is 0.322 e. The molecule has 0 aliphatic heterocycles. The Morgan fingerprint density at radius 3 is 2.03 bits per heavy atom. The maximum Gasteiger partial charge on any atom is 0.255 e. The highest BCUT2D eigenvalue weighted by Crippen LogP contribution is 2.34. The summed E-state index contributed by atoms with van der Waals surface area (Å²) in [4.78, 5) is 25.7. The number of benzene rings is 4. The molecule has 0 aromatic heterocycles. The fourth-order valence-electron chi connectivity index (χ4n) is 3.91. The van der Waals surface area contributed by atoms with Crippen LogP contribution in [-0.4, -0.2) is 11.8 Å². The van der Waals surface area contributed by atoms with Gasteiger partial charge >= 0.3 is 0 Å². The predicted molar refractivity (Wildman–Crippen MR) is 149 cm³/mol. The van der Waals surface area contributed by atoms with E-state index in [0.29, 0.717) is 38.1 Å². The lowest BCUT2D eigenvalue weighted by Crippen LogP contribution is -2.16. The second-order valence-electron chi connectivity index (χ2n) is 8.61. The number of hydrogen-bond donors (Lipinski definition) is 2. The van der Waals surface area contributed by atoms with Gasteiger partial charge < -0.3 is 10.6 Å². The van der Waals surface area contributed by atoms with E-state index in [1.54, 1.807) is 78.9 Å². The molecule has 4 rings (SSSR count). The van der Waals surface area contributed by atoms with E-state index >= 15 is 0 Å². The van der Waals surface area contributed by atoms with Crippen molar-refractivity contribution in [1.82, 2.24) is 0 Å². The van der Waals surface area contributed by atoms with Crippen molar-refractivity contribution in [3.8, 4) is 6.07 Å². The number of aryl methyl sites for hydroxylation is 2. The molecule has 5 nitrogen and oxygen atoms in total. The van der Waals surface area contributed by atoms with Crippen molar-refractivity contribution in [3.63, 3.8) is 0 Å². The van der Waals surface area contributed by atoms with Crippen molar-refractivity contribution >= 4 is 46.4 Å². The van der Waals surface area contributed by atoms with Crippen molar-refractivity contribution < 1.29 is 9.59 Å². The number of hydrogen-bond acceptors (Lipinski definition) is 3. The lowest BCUT2D eigenvalue weighted by molar-refractivity contribution is 0.101. The molecule has 0 aliphatic carbocycles. The number of nitrogens with zero attached hydrogens (tertiary/aromatic N) is 1. The first-order valence-electron chi connectivity index (χ1n) is 11.5. The molecule has 4 aromatic carbocycles. The molecule has 4 aromatic rings. The highest BCUT2D eigenvalue weighted by Gasteiger charge is 2.20. The van der Waals surface area contributed by atoms with Crippen molar-refractivity contribution in [2.24, 2.45) is 0 Å². The number of carbonyl (C=O) groups is 2. The average Bonchev–Trinajstić information content (AvgIpc) is 2.90.